The number of nitrogens with zero attached hydrogens (tertiary/aromatic N) is 4. The van der Waals surface area contributed by atoms with Crippen LogP contribution in [0.15, 0.2) is 84.9 Å². The third-order valence-corrected chi connectivity index (χ3v) is 7.53. The molecule has 170 valence electrons. The Morgan fingerprint density at radius 3 is 1.97 bits per heavy atom. The van der Waals surface area contributed by atoms with Gasteiger partial charge < -0.3 is 9.13 Å². The molecule has 4 heteroatoms. The van der Waals surface area contributed by atoms with Crippen LogP contribution in [-0.4, -0.2) is 9.13 Å². The Morgan fingerprint density at radius 2 is 1.22 bits per heavy atom. The summed E-state index contributed by atoms with van der Waals surface area (Å²) >= 11 is 0. The van der Waals surface area contributed by atoms with Gasteiger partial charge >= 0.3 is 0 Å². The van der Waals surface area contributed by atoms with Crippen molar-refractivity contribution in [3.05, 3.63) is 107 Å². The maximum absolute atomic E-state index is 9.55. The number of rotatable bonds is 2. The van der Waals surface area contributed by atoms with Crippen molar-refractivity contribution in [2.75, 3.05) is 0 Å². The second kappa shape index (κ2) is 7.87. The van der Waals surface area contributed by atoms with Crippen molar-refractivity contribution in [1.82, 2.24) is 9.13 Å². The maximum Gasteiger partial charge on any atom is 0.0992 e. The summed E-state index contributed by atoms with van der Waals surface area (Å²) in [7, 11) is 0. The highest BCUT2D eigenvalue weighted by Gasteiger charge is 2.23. The molecule has 0 bridgehead atoms. The second-order valence-electron chi connectivity index (χ2n) is 9.53. The van der Waals surface area contributed by atoms with Crippen LogP contribution in [0.2, 0.25) is 0 Å². The van der Waals surface area contributed by atoms with Crippen molar-refractivity contribution in [2.45, 2.75) is 25.7 Å². The Labute approximate surface area is 208 Å². The normalized spacial score (nSPS) is 13.1. The van der Waals surface area contributed by atoms with Gasteiger partial charge in [0.15, 0.2) is 0 Å². The number of nitriles is 2. The van der Waals surface area contributed by atoms with Gasteiger partial charge in [0.1, 0.15) is 0 Å². The number of hydrogen-bond acceptors (Lipinski definition) is 2. The molecule has 4 nitrogen and oxygen atoms in total. The maximum atomic E-state index is 9.55. The smallest absolute Gasteiger partial charge is 0.0992 e. The van der Waals surface area contributed by atoms with Gasteiger partial charge in [-0.1, -0.05) is 30.3 Å². The summed E-state index contributed by atoms with van der Waals surface area (Å²) in [6.45, 7) is 0. The molecule has 36 heavy (non-hydrogen) atoms. The first-order chi connectivity index (χ1) is 17.8. The first-order valence-electron chi connectivity index (χ1n) is 12.4. The molecule has 1 aliphatic rings. The molecule has 0 N–H and O–H groups in total. The first-order valence-corrected chi connectivity index (χ1v) is 12.4. The molecule has 2 aromatic heterocycles. The Bertz CT molecular complexity index is 1920. The van der Waals surface area contributed by atoms with Crippen molar-refractivity contribution >= 4 is 32.7 Å². The molecule has 0 radical (unpaired) electrons. The summed E-state index contributed by atoms with van der Waals surface area (Å²) in [6.07, 6.45) is 4.49. The molecule has 0 saturated heterocycles. The van der Waals surface area contributed by atoms with Crippen molar-refractivity contribution in [2.24, 2.45) is 0 Å². The minimum atomic E-state index is 0.645. The molecule has 0 amide bonds. The van der Waals surface area contributed by atoms with Crippen LogP contribution < -0.4 is 0 Å². The lowest BCUT2D eigenvalue weighted by atomic mass is 9.95. The number of para-hydroxylation sites is 1. The van der Waals surface area contributed by atoms with E-state index in [4.69, 9.17) is 0 Å². The van der Waals surface area contributed by atoms with E-state index in [1.165, 1.54) is 45.8 Å². The van der Waals surface area contributed by atoms with Crippen LogP contribution in [0.3, 0.4) is 0 Å². The van der Waals surface area contributed by atoms with Crippen LogP contribution in [0.5, 0.6) is 0 Å². The van der Waals surface area contributed by atoms with Gasteiger partial charge in [-0.3, -0.25) is 0 Å². The van der Waals surface area contributed by atoms with Crippen molar-refractivity contribution in [3.63, 3.8) is 0 Å². The van der Waals surface area contributed by atoms with E-state index in [0.29, 0.717) is 11.1 Å². The monoisotopic (exact) mass is 462 g/mol. The van der Waals surface area contributed by atoms with E-state index in [2.05, 4.69) is 69.8 Å². The molecule has 0 atom stereocenters. The van der Waals surface area contributed by atoms with E-state index in [9.17, 15) is 10.5 Å². The topological polar surface area (TPSA) is 57.4 Å². The molecule has 1 aliphatic carbocycles. The minimum absolute atomic E-state index is 0.645. The van der Waals surface area contributed by atoms with Crippen LogP contribution in [0.4, 0.5) is 0 Å². The third kappa shape index (κ3) is 2.92. The zero-order valence-corrected chi connectivity index (χ0v) is 19.7. The van der Waals surface area contributed by atoms with Gasteiger partial charge in [-0.2, -0.15) is 10.5 Å². The lowest BCUT2D eigenvalue weighted by Crippen LogP contribution is -2.07. The Kier molecular flexibility index (Phi) is 4.50. The molecule has 0 unspecified atom stereocenters. The van der Waals surface area contributed by atoms with Crippen LogP contribution in [0.25, 0.3) is 44.1 Å². The van der Waals surface area contributed by atoms with Crippen LogP contribution >= 0.6 is 0 Å². The number of fused-ring (bicyclic) bond motifs is 6. The molecule has 0 aliphatic heterocycles. The SMILES string of the molecule is N#Cc1cccc(-n2c3c(c4cc5c6ccccc6n(-c6cccc(C#N)c6)c5cc42)CCCC3)c1. The van der Waals surface area contributed by atoms with Crippen LogP contribution in [0, 0.1) is 22.7 Å². The summed E-state index contributed by atoms with van der Waals surface area (Å²) in [5.41, 5.74) is 9.54. The Morgan fingerprint density at radius 1 is 0.556 bits per heavy atom. The van der Waals surface area contributed by atoms with Crippen LogP contribution in [0.1, 0.15) is 35.2 Å². The quantitative estimate of drug-likeness (QED) is 0.270. The second-order valence-corrected chi connectivity index (χ2v) is 9.53. The third-order valence-electron chi connectivity index (χ3n) is 7.53. The zero-order valence-electron chi connectivity index (χ0n) is 19.7. The highest BCUT2D eigenvalue weighted by molar-refractivity contribution is 6.14. The summed E-state index contributed by atoms with van der Waals surface area (Å²) in [5.74, 6) is 0. The standard InChI is InChI=1S/C32H22N4/c33-19-21-7-5-9-23(15-21)35-29-13-3-1-11-25(29)27-17-28-26-12-2-4-14-30(26)36(32(28)18-31(27)35)24-10-6-8-22(16-24)20-34/h1,3,5-11,13,15-18H,2,4,12,14H2. The van der Waals surface area contributed by atoms with Crippen molar-refractivity contribution in [3.8, 4) is 23.5 Å². The van der Waals surface area contributed by atoms with Crippen LogP contribution in [-0.2, 0) is 12.8 Å². The van der Waals surface area contributed by atoms with E-state index in [1.54, 1.807) is 0 Å². The van der Waals surface area contributed by atoms with Gasteiger partial charge in [0.05, 0.1) is 39.8 Å². The fourth-order valence-corrected chi connectivity index (χ4v) is 6.00. The average Bonchev–Trinajstić information content (AvgIpc) is 3.44. The lowest BCUT2D eigenvalue weighted by Gasteiger charge is -2.16. The molecular formula is C32H22N4. The van der Waals surface area contributed by atoms with Crippen molar-refractivity contribution in [1.29, 1.82) is 10.5 Å². The summed E-state index contributed by atoms with van der Waals surface area (Å²) in [6, 6.07) is 33.5. The predicted molar refractivity (Wildman–Crippen MR) is 144 cm³/mol. The van der Waals surface area contributed by atoms with E-state index < -0.39 is 0 Å². The van der Waals surface area contributed by atoms with Crippen molar-refractivity contribution < 1.29 is 0 Å². The van der Waals surface area contributed by atoms with E-state index in [-0.39, 0.29) is 0 Å². The summed E-state index contributed by atoms with van der Waals surface area (Å²) in [4.78, 5) is 0. The van der Waals surface area contributed by atoms with E-state index in [0.717, 1.165) is 35.2 Å². The van der Waals surface area contributed by atoms with Gasteiger partial charge in [-0.25, -0.2) is 0 Å². The lowest BCUT2D eigenvalue weighted by molar-refractivity contribution is 0.667. The zero-order chi connectivity index (χ0) is 24.2. The average molecular weight is 463 g/mol. The molecule has 7 rings (SSSR count). The number of aromatic nitrogens is 2. The minimum Gasteiger partial charge on any atom is -0.313 e. The molecular weight excluding hydrogens is 440 g/mol. The molecule has 4 aromatic carbocycles. The van der Waals surface area contributed by atoms with Gasteiger partial charge in [0.25, 0.3) is 0 Å². The van der Waals surface area contributed by atoms with Gasteiger partial charge in [0, 0.05) is 33.2 Å². The number of aryl methyl sites for hydroxylation is 1. The van der Waals surface area contributed by atoms with E-state index in [1.807, 2.05) is 36.4 Å². The predicted octanol–water partition coefficient (Wildman–Crippen LogP) is 7.35. The summed E-state index contributed by atoms with van der Waals surface area (Å²) in [5, 5.41) is 22.8. The van der Waals surface area contributed by atoms with Gasteiger partial charge in [-0.15, -0.1) is 0 Å². The largest absolute Gasteiger partial charge is 0.313 e. The molecule has 0 fully saturated rings. The van der Waals surface area contributed by atoms with Gasteiger partial charge in [0.2, 0.25) is 0 Å². The highest BCUT2D eigenvalue weighted by atomic mass is 15.0. The summed E-state index contributed by atoms with van der Waals surface area (Å²) < 4.78 is 4.64. The molecule has 0 saturated carbocycles. The molecule has 6 aromatic rings. The Balaban J connectivity index is 1.63. The molecule has 2 heterocycles. The first kappa shape index (κ1) is 20.6. The fraction of sp³-hybridized carbons (Fsp3) is 0.125. The number of hydrogen-bond donors (Lipinski definition) is 0. The van der Waals surface area contributed by atoms with Gasteiger partial charge in [-0.05, 0) is 85.8 Å². The highest BCUT2D eigenvalue weighted by Crippen LogP contribution is 2.40. The van der Waals surface area contributed by atoms with E-state index >= 15 is 0 Å². The number of benzene rings is 4. The fourth-order valence-electron chi connectivity index (χ4n) is 6.00. The Hall–Kier alpha value is -4.80. The molecule has 0 spiro atoms.